The highest BCUT2D eigenvalue weighted by molar-refractivity contribution is 6.76. The molecule has 0 aliphatic rings. The third-order valence-electron chi connectivity index (χ3n) is 4.53. The van der Waals surface area contributed by atoms with Gasteiger partial charge >= 0.3 is 0 Å². The number of nitrogens with zero attached hydrogens (tertiary/aromatic N) is 4. The summed E-state index contributed by atoms with van der Waals surface area (Å²) in [7, 11) is 0.497. The van der Waals surface area contributed by atoms with Crippen molar-refractivity contribution < 1.29 is 14.2 Å². The number of benzene rings is 1. The number of rotatable bonds is 10. The molecule has 1 aromatic carbocycles. The Hall–Kier alpha value is -2.00. The van der Waals surface area contributed by atoms with Gasteiger partial charge in [-0.05, 0) is 31.2 Å². The van der Waals surface area contributed by atoms with Crippen molar-refractivity contribution in [3.8, 4) is 17.1 Å². The zero-order chi connectivity index (χ0) is 21.7. The number of halogens is 1. The van der Waals surface area contributed by atoms with Crippen LogP contribution in [0.4, 0.5) is 0 Å². The zero-order valence-electron chi connectivity index (χ0n) is 18.2. The molecule has 0 N–H and O–H groups in total. The highest BCUT2D eigenvalue weighted by atomic mass is 35.5. The first-order valence-electron chi connectivity index (χ1n) is 9.98. The van der Waals surface area contributed by atoms with Gasteiger partial charge in [-0.2, -0.15) is 5.10 Å². The van der Waals surface area contributed by atoms with Crippen LogP contribution >= 0.6 is 11.6 Å². The second-order valence-electron chi connectivity index (χ2n) is 8.48. The predicted molar refractivity (Wildman–Crippen MR) is 122 cm³/mol. The molecule has 3 aromatic rings. The number of methoxy groups -OCH3 is 1. The summed E-state index contributed by atoms with van der Waals surface area (Å²) in [5.74, 6) is 0.743. The fraction of sp³-hybridized carbons (Fsp3) is 0.476. The van der Waals surface area contributed by atoms with Crippen LogP contribution in [0.15, 0.2) is 30.6 Å². The Bertz CT molecular complexity index is 990. The summed E-state index contributed by atoms with van der Waals surface area (Å²) in [5.41, 5.74) is 2.35. The molecule has 0 bridgehead atoms. The molecule has 0 saturated carbocycles. The Balaban J connectivity index is 1.94. The van der Waals surface area contributed by atoms with Gasteiger partial charge in [0.05, 0.1) is 23.5 Å². The molecule has 0 fully saturated rings. The normalized spacial score (nSPS) is 13.0. The first-order chi connectivity index (χ1) is 14.3. The molecule has 0 amide bonds. The first-order valence-corrected chi connectivity index (χ1v) is 14.1. The highest BCUT2D eigenvalue weighted by Crippen LogP contribution is 2.31. The molecule has 0 aliphatic carbocycles. The number of ether oxygens (including phenoxy) is 3. The van der Waals surface area contributed by atoms with Gasteiger partial charge in [0, 0.05) is 33.2 Å². The number of aromatic nitrogens is 4. The first kappa shape index (κ1) is 22.7. The van der Waals surface area contributed by atoms with Crippen molar-refractivity contribution in [3.63, 3.8) is 0 Å². The molecular weight excluding hydrogens is 420 g/mol. The Kier molecular flexibility index (Phi) is 7.46. The van der Waals surface area contributed by atoms with Crippen molar-refractivity contribution in [3.05, 3.63) is 35.7 Å². The van der Waals surface area contributed by atoms with E-state index in [2.05, 4.69) is 29.6 Å². The largest absolute Gasteiger partial charge is 0.488 e. The van der Waals surface area contributed by atoms with E-state index in [1.165, 1.54) is 6.33 Å². The quantitative estimate of drug-likeness (QED) is 0.250. The van der Waals surface area contributed by atoms with Crippen LogP contribution in [0.5, 0.6) is 5.75 Å². The highest BCUT2D eigenvalue weighted by Gasteiger charge is 2.18. The van der Waals surface area contributed by atoms with Crippen LogP contribution < -0.4 is 4.74 Å². The molecule has 2 heterocycles. The van der Waals surface area contributed by atoms with Crippen LogP contribution in [-0.2, 0) is 16.2 Å². The summed E-state index contributed by atoms with van der Waals surface area (Å²) in [6.45, 7) is 10.5. The van der Waals surface area contributed by atoms with Gasteiger partial charge in [0.25, 0.3) is 0 Å². The fourth-order valence-corrected chi connectivity index (χ4v) is 3.95. The van der Waals surface area contributed by atoms with Crippen LogP contribution in [0.3, 0.4) is 0 Å². The standard InChI is InChI=1S/C21H29ClN4O3Si/c1-15(12-27-2)29-16-6-7-18-17(10-16)21(19-11-20(22)24-13-23-19)26(25-18)14-28-8-9-30(3,4)5/h6-7,10-11,13,15H,8-9,12,14H2,1-5H3/t15-/m1/s1. The lowest BCUT2D eigenvalue weighted by atomic mass is 10.1. The van der Waals surface area contributed by atoms with Crippen LogP contribution in [-0.4, -0.2) is 54.2 Å². The predicted octanol–water partition coefficient (Wildman–Crippen LogP) is 4.87. The summed E-state index contributed by atoms with van der Waals surface area (Å²) in [4.78, 5) is 8.41. The van der Waals surface area contributed by atoms with Crippen molar-refractivity contribution in [2.24, 2.45) is 0 Å². The Morgan fingerprint density at radius 1 is 1.17 bits per heavy atom. The Morgan fingerprint density at radius 3 is 2.67 bits per heavy atom. The van der Waals surface area contributed by atoms with E-state index in [1.54, 1.807) is 13.2 Å². The summed E-state index contributed by atoms with van der Waals surface area (Å²) < 4.78 is 18.9. The minimum absolute atomic E-state index is 0.0654. The number of fused-ring (bicyclic) bond motifs is 1. The summed E-state index contributed by atoms with van der Waals surface area (Å²) in [6.07, 6.45) is 1.39. The minimum atomic E-state index is -1.16. The molecule has 0 spiro atoms. The molecule has 0 aliphatic heterocycles. The molecule has 3 rings (SSSR count). The number of hydrogen-bond donors (Lipinski definition) is 0. The molecular formula is C21H29ClN4O3Si. The molecule has 0 unspecified atom stereocenters. The van der Waals surface area contributed by atoms with Crippen LogP contribution in [0.2, 0.25) is 30.8 Å². The van der Waals surface area contributed by atoms with Gasteiger partial charge < -0.3 is 14.2 Å². The Morgan fingerprint density at radius 2 is 1.97 bits per heavy atom. The number of hydrogen-bond acceptors (Lipinski definition) is 6. The van der Waals surface area contributed by atoms with Crippen LogP contribution in [0.25, 0.3) is 22.3 Å². The van der Waals surface area contributed by atoms with Gasteiger partial charge in [-0.1, -0.05) is 31.2 Å². The third-order valence-corrected chi connectivity index (χ3v) is 6.45. The maximum atomic E-state index is 6.13. The SMILES string of the molecule is COC[C@@H](C)Oc1ccc2nn(COCC[Si](C)(C)C)c(-c3cc(Cl)ncn3)c2c1. The maximum Gasteiger partial charge on any atom is 0.140 e. The van der Waals surface area contributed by atoms with E-state index in [1.807, 2.05) is 29.8 Å². The topological polar surface area (TPSA) is 71.3 Å². The summed E-state index contributed by atoms with van der Waals surface area (Å²) in [5, 5.41) is 6.02. The van der Waals surface area contributed by atoms with Gasteiger partial charge in [-0.25, -0.2) is 14.6 Å². The van der Waals surface area contributed by atoms with Gasteiger partial charge in [-0.15, -0.1) is 0 Å². The molecule has 7 nitrogen and oxygen atoms in total. The van der Waals surface area contributed by atoms with Crippen LogP contribution in [0.1, 0.15) is 6.92 Å². The maximum absolute atomic E-state index is 6.13. The van der Waals surface area contributed by atoms with Gasteiger partial charge in [0.15, 0.2) is 0 Å². The average Bonchev–Trinajstić information content (AvgIpc) is 3.02. The van der Waals surface area contributed by atoms with Gasteiger partial charge in [0.2, 0.25) is 0 Å². The average molecular weight is 449 g/mol. The zero-order valence-corrected chi connectivity index (χ0v) is 19.9. The molecule has 162 valence electrons. The van der Waals surface area contributed by atoms with E-state index in [4.69, 9.17) is 30.9 Å². The molecule has 1 atom stereocenters. The lowest BCUT2D eigenvalue weighted by Gasteiger charge is -2.16. The van der Waals surface area contributed by atoms with Crippen molar-refractivity contribution in [1.29, 1.82) is 0 Å². The second-order valence-corrected chi connectivity index (χ2v) is 14.5. The lowest BCUT2D eigenvalue weighted by Crippen LogP contribution is -2.22. The molecule has 2 aromatic heterocycles. The third kappa shape index (κ3) is 6.01. The van der Waals surface area contributed by atoms with E-state index in [-0.39, 0.29) is 6.10 Å². The Labute approximate surface area is 183 Å². The van der Waals surface area contributed by atoms with E-state index < -0.39 is 8.07 Å². The van der Waals surface area contributed by atoms with Crippen molar-refractivity contribution in [1.82, 2.24) is 19.7 Å². The van der Waals surface area contributed by atoms with E-state index in [9.17, 15) is 0 Å². The van der Waals surface area contributed by atoms with E-state index in [0.29, 0.717) is 30.8 Å². The molecule has 0 saturated heterocycles. The fourth-order valence-electron chi connectivity index (χ4n) is 3.04. The lowest BCUT2D eigenvalue weighted by molar-refractivity contribution is 0.0802. The smallest absolute Gasteiger partial charge is 0.140 e. The summed E-state index contributed by atoms with van der Waals surface area (Å²) in [6, 6.07) is 8.65. The van der Waals surface area contributed by atoms with E-state index in [0.717, 1.165) is 28.4 Å². The van der Waals surface area contributed by atoms with Crippen molar-refractivity contribution >= 4 is 30.6 Å². The van der Waals surface area contributed by atoms with Gasteiger partial charge in [-0.3, -0.25) is 0 Å². The van der Waals surface area contributed by atoms with E-state index >= 15 is 0 Å². The minimum Gasteiger partial charge on any atom is -0.488 e. The molecule has 30 heavy (non-hydrogen) atoms. The van der Waals surface area contributed by atoms with Crippen molar-refractivity contribution in [2.45, 2.75) is 45.4 Å². The second kappa shape index (κ2) is 9.87. The monoisotopic (exact) mass is 448 g/mol. The summed E-state index contributed by atoms with van der Waals surface area (Å²) >= 11 is 6.13. The molecule has 0 radical (unpaired) electrons. The van der Waals surface area contributed by atoms with Crippen molar-refractivity contribution in [2.75, 3.05) is 20.3 Å². The van der Waals surface area contributed by atoms with Crippen LogP contribution in [0, 0.1) is 0 Å². The molecule has 9 heteroatoms. The van der Waals surface area contributed by atoms with Gasteiger partial charge in [0.1, 0.15) is 30.1 Å².